The molecule has 0 saturated carbocycles. The molecule has 0 spiro atoms. The third kappa shape index (κ3) is 1.32. The van der Waals surface area contributed by atoms with Crippen LogP contribution in [0.5, 0.6) is 0 Å². The van der Waals surface area contributed by atoms with Crippen LogP contribution in [0, 0.1) is 0 Å². The first-order valence-electron chi connectivity index (χ1n) is 4.21. The average molecular weight is 195 g/mol. The van der Waals surface area contributed by atoms with E-state index >= 15 is 0 Å². The van der Waals surface area contributed by atoms with Crippen LogP contribution in [0.15, 0.2) is 24.4 Å². The molecule has 2 nitrogen and oxygen atoms in total. The minimum atomic E-state index is 0.0263. The molecule has 0 amide bonds. The third-order valence-electron chi connectivity index (χ3n) is 2.19. The van der Waals surface area contributed by atoms with E-state index in [1.165, 1.54) is 0 Å². The molecular weight excluding hydrogens is 184 g/mol. The van der Waals surface area contributed by atoms with Crippen molar-refractivity contribution in [2.24, 2.45) is 5.73 Å². The topological polar surface area (TPSA) is 41.8 Å². The highest BCUT2D eigenvalue weighted by Crippen LogP contribution is 2.27. The van der Waals surface area contributed by atoms with Crippen molar-refractivity contribution >= 4 is 22.5 Å². The number of rotatable bonds is 1. The van der Waals surface area contributed by atoms with E-state index in [2.05, 4.69) is 4.98 Å². The van der Waals surface area contributed by atoms with Crippen molar-refractivity contribution in [1.29, 1.82) is 0 Å². The van der Waals surface area contributed by atoms with Gasteiger partial charge in [0.05, 0.1) is 10.5 Å². The Morgan fingerprint density at radius 2 is 2.23 bits per heavy atom. The molecule has 68 valence electrons. The summed E-state index contributed by atoms with van der Waals surface area (Å²) in [6.45, 7) is 1.96. The smallest absolute Gasteiger partial charge is 0.0659 e. The summed E-state index contributed by atoms with van der Waals surface area (Å²) in [4.78, 5) is 3.13. The molecule has 0 aliphatic heterocycles. The molecule has 0 bridgehead atoms. The summed E-state index contributed by atoms with van der Waals surface area (Å²) < 4.78 is 0. The van der Waals surface area contributed by atoms with Gasteiger partial charge in [-0.25, -0.2) is 0 Å². The van der Waals surface area contributed by atoms with Gasteiger partial charge in [-0.05, 0) is 12.5 Å². The monoisotopic (exact) mass is 194 g/mol. The molecular formula is C10H11ClN2. The Morgan fingerprint density at radius 1 is 1.46 bits per heavy atom. The number of aromatic amines is 1. The number of halogens is 1. The second-order valence-electron chi connectivity index (χ2n) is 3.20. The first-order valence-corrected chi connectivity index (χ1v) is 4.59. The number of hydrogen-bond acceptors (Lipinski definition) is 1. The highest BCUT2D eigenvalue weighted by Gasteiger charge is 2.07. The fourth-order valence-electron chi connectivity index (χ4n) is 1.52. The van der Waals surface area contributed by atoms with E-state index in [1.807, 2.05) is 25.1 Å². The van der Waals surface area contributed by atoms with E-state index in [1.54, 1.807) is 6.20 Å². The van der Waals surface area contributed by atoms with Crippen LogP contribution in [-0.4, -0.2) is 4.98 Å². The largest absolute Gasteiger partial charge is 0.359 e. The Kier molecular flexibility index (Phi) is 2.02. The number of aromatic nitrogens is 1. The van der Waals surface area contributed by atoms with Crippen molar-refractivity contribution in [3.05, 3.63) is 35.0 Å². The number of H-pyrrole nitrogens is 1. The lowest BCUT2D eigenvalue weighted by Gasteiger charge is -2.06. The van der Waals surface area contributed by atoms with Crippen molar-refractivity contribution in [2.45, 2.75) is 13.0 Å². The lowest BCUT2D eigenvalue weighted by atomic mass is 10.1. The van der Waals surface area contributed by atoms with Gasteiger partial charge in [0.1, 0.15) is 0 Å². The molecule has 1 unspecified atom stereocenters. The summed E-state index contributed by atoms with van der Waals surface area (Å²) in [5.41, 5.74) is 7.97. The van der Waals surface area contributed by atoms with E-state index in [4.69, 9.17) is 17.3 Å². The molecule has 2 rings (SSSR count). The third-order valence-corrected chi connectivity index (χ3v) is 2.50. The summed E-state index contributed by atoms with van der Waals surface area (Å²) in [6, 6.07) is 6.00. The number of hydrogen-bond donors (Lipinski definition) is 2. The molecule has 0 aliphatic rings. The predicted octanol–water partition coefficient (Wildman–Crippen LogP) is 2.84. The minimum Gasteiger partial charge on any atom is -0.359 e. The molecule has 1 atom stereocenters. The van der Waals surface area contributed by atoms with Gasteiger partial charge in [-0.3, -0.25) is 0 Å². The standard InChI is InChI=1S/C10H11ClN2/c1-6(12)7-3-2-4-8-9(11)5-13-10(7)8/h2-6,13H,12H2,1H3. The van der Waals surface area contributed by atoms with Crippen LogP contribution in [0.3, 0.4) is 0 Å². The summed E-state index contributed by atoms with van der Waals surface area (Å²) >= 11 is 5.98. The maximum atomic E-state index is 5.98. The van der Waals surface area contributed by atoms with Crippen LogP contribution in [0.25, 0.3) is 10.9 Å². The number of nitrogens with one attached hydrogen (secondary N) is 1. The van der Waals surface area contributed by atoms with E-state index in [0.29, 0.717) is 0 Å². The first-order chi connectivity index (χ1) is 6.20. The van der Waals surface area contributed by atoms with E-state index in [-0.39, 0.29) is 6.04 Å². The van der Waals surface area contributed by atoms with Crippen LogP contribution in [0.2, 0.25) is 5.02 Å². The van der Waals surface area contributed by atoms with Gasteiger partial charge in [0.15, 0.2) is 0 Å². The van der Waals surface area contributed by atoms with Crippen molar-refractivity contribution in [3.63, 3.8) is 0 Å². The molecule has 1 aromatic heterocycles. The van der Waals surface area contributed by atoms with Gasteiger partial charge >= 0.3 is 0 Å². The van der Waals surface area contributed by atoms with E-state index in [9.17, 15) is 0 Å². The second-order valence-corrected chi connectivity index (χ2v) is 3.60. The average Bonchev–Trinajstić information content (AvgIpc) is 2.48. The summed E-state index contributed by atoms with van der Waals surface area (Å²) in [6.07, 6.45) is 1.79. The zero-order chi connectivity index (χ0) is 9.42. The number of benzene rings is 1. The molecule has 2 aromatic rings. The zero-order valence-corrected chi connectivity index (χ0v) is 8.10. The maximum Gasteiger partial charge on any atom is 0.0659 e. The van der Waals surface area contributed by atoms with Crippen LogP contribution in [0.4, 0.5) is 0 Å². The summed E-state index contributed by atoms with van der Waals surface area (Å²) in [7, 11) is 0. The Morgan fingerprint density at radius 3 is 2.92 bits per heavy atom. The first kappa shape index (κ1) is 8.60. The Balaban J connectivity index is 2.77. The Hall–Kier alpha value is -0.990. The zero-order valence-electron chi connectivity index (χ0n) is 7.34. The fraction of sp³-hybridized carbons (Fsp3) is 0.200. The van der Waals surface area contributed by atoms with Gasteiger partial charge in [-0.2, -0.15) is 0 Å². The molecule has 0 fully saturated rings. The molecule has 3 N–H and O–H groups in total. The van der Waals surface area contributed by atoms with Crippen LogP contribution in [0.1, 0.15) is 18.5 Å². The number of nitrogens with two attached hydrogens (primary N) is 1. The van der Waals surface area contributed by atoms with Gasteiger partial charge in [-0.15, -0.1) is 0 Å². The SMILES string of the molecule is CC(N)c1cccc2c(Cl)c[nH]c12. The van der Waals surface area contributed by atoms with E-state index in [0.717, 1.165) is 21.5 Å². The molecule has 0 saturated heterocycles. The molecule has 0 aliphatic carbocycles. The Bertz CT molecular complexity index is 431. The fourth-order valence-corrected chi connectivity index (χ4v) is 1.74. The van der Waals surface area contributed by atoms with Crippen molar-refractivity contribution in [2.75, 3.05) is 0 Å². The van der Waals surface area contributed by atoms with Gasteiger partial charge in [-0.1, -0.05) is 29.8 Å². The maximum absolute atomic E-state index is 5.98. The van der Waals surface area contributed by atoms with Crippen molar-refractivity contribution in [1.82, 2.24) is 4.98 Å². The van der Waals surface area contributed by atoms with Gasteiger partial charge in [0, 0.05) is 17.6 Å². The van der Waals surface area contributed by atoms with Crippen molar-refractivity contribution < 1.29 is 0 Å². The highest BCUT2D eigenvalue weighted by molar-refractivity contribution is 6.35. The predicted molar refractivity (Wildman–Crippen MR) is 55.9 cm³/mol. The normalized spacial score (nSPS) is 13.5. The molecule has 13 heavy (non-hydrogen) atoms. The van der Waals surface area contributed by atoms with E-state index < -0.39 is 0 Å². The molecule has 0 radical (unpaired) electrons. The Labute approximate surface area is 81.7 Å². The lowest BCUT2D eigenvalue weighted by molar-refractivity contribution is 0.824. The highest BCUT2D eigenvalue weighted by atomic mass is 35.5. The molecule has 3 heteroatoms. The van der Waals surface area contributed by atoms with Gasteiger partial charge in [0.25, 0.3) is 0 Å². The molecule has 1 aromatic carbocycles. The lowest BCUT2D eigenvalue weighted by Crippen LogP contribution is -2.05. The quantitative estimate of drug-likeness (QED) is 0.720. The van der Waals surface area contributed by atoms with Crippen LogP contribution in [-0.2, 0) is 0 Å². The number of para-hydroxylation sites is 1. The summed E-state index contributed by atoms with van der Waals surface area (Å²) in [5.74, 6) is 0. The van der Waals surface area contributed by atoms with Gasteiger partial charge < -0.3 is 10.7 Å². The van der Waals surface area contributed by atoms with Crippen molar-refractivity contribution in [3.8, 4) is 0 Å². The summed E-state index contributed by atoms with van der Waals surface area (Å²) in [5, 5.41) is 1.79. The minimum absolute atomic E-state index is 0.0263. The van der Waals surface area contributed by atoms with Crippen LogP contribution < -0.4 is 5.73 Å². The van der Waals surface area contributed by atoms with Crippen LogP contribution >= 0.6 is 11.6 Å². The second kappa shape index (κ2) is 3.05. The molecule has 1 heterocycles. The number of fused-ring (bicyclic) bond motifs is 1. The van der Waals surface area contributed by atoms with Gasteiger partial charge in [0.2, 0.25) is 0 Å².